The van der Waals surface area contributed by atoms with Crippen molar-refractivity contribution in [3.8, 4) is 0 Å². The summed E-state index contributed by atoms with van der Waals surface area (Å²) in [5.41, 5.74) is 0.986. The highest BCUT2D eigenvalue weighted by Crippen LogP contribution is 2.44. The van der Waals surface area contributed by atoms with Crippen molar-refractivity contribution in [1.82, 2.24) is 0 Å². The standard InChI is InChI=1S/C12H26.C6H14.C5H12.C4H8.4C2H6/c1-7-9-10-12(6,8-2)11(3,4)5;1-5(2)6(3)4;1-4-5(2)3;1-2-4-3-1;4*1-2/h7-10H2,1-6H3;5-6H,1-4H3;5H,4H2,1-3H3;1-4H2;4*1-2H3. The first kappa shape index (κ1) is 51.6. The Labute approximate surface area is 231 Å². The highest BCUT2D eigenvalue weighted by atomic mass is 14.4. The smallest absolute Gasteiger partial charge is 0.0280 e. The molecule has 0 heterocycles. The van der Waals surface area contributed by atoms with Crippen LogP contribution in [0.2, 0.25) is 0 Å². The monoisotopic (exact) mass is 505 g/mol. The Morgan fingerprint density at radius 1 is 0.543 bits per heavy atom. The van der Waals surface area contributed by atoms with Gasteiger partial charge in [0.25, 0.3) is 0 Å². The molecule has 0 spiro atoms. The van der Waals surface area contributed by atoms with Gasteiger partial charge in [0, 0.05) is 0 Å². The second-order valence-corrected chi connectivity index (χ2v) is 11.0. The Bertz CT molecular complexity index is 265. The lowest BCUT2D eigenvalue weighted by Crippen LogP contribution is -2.32. The van der Waals surface area contributed by atoms with Gasteiger partial charge in [-0.25, -0.2) is 0 Å². The predicted octanol–water partition coefficient (Wildman–Crippen LogP) is 14.7. The summed E-state index contributed by atoms with van der Waals surface area (Å²) >= 11 is 0. The Balaban J connectivity index is -0.0000000579. The first-order valence-electron chi connectivity index (χ1n) is 16.3. The van der Waals surface area contributed by atoms with Crippen molar-refractivity contribution >= 4 is 0 Å². The largest absolute Gasteiger partial charge is 0.0683 e. The fourth-order valence-electron chi connectivity index (χ4n) is 1.90. The van der Waals surface area contributed by atoms with E-state index in [0.29, 0.717) is 10.8 Å². The van der Waals surface area contributed by atoms with Gasteiger partial charge in [-0.3, -0.25) is 0 Å². The number of rotatable bonds is 6. The first-order chi connectivity index (χ1) is 16.3. The summed E-state index contributed by atoms with van der Waals surface area (Å²) in [7, 11) is 0. The van der Waals surface area contributed by atoms with Gasteiger partial charge in [0.1, 0.15) is 0 Å². The maximum atomic E-state index is 2.43. The molecule has 0 aromatic carbocycles. The molecular weight excluding hydrogens is 420 g/mol. The molecule has 1 aliphatic rings. The van der Waals surface area contributed by atoms with Crippen LogP contribution in [-0.2, 0) is 0 Å². The highest BCUT2D eigenvalue weighted by molar-refractivity contribution is 4.84. The van der Waals surface area contributed by atoms with E-state index in [9.17, 15) is 0 Å². The Morgan fingerprint density at radius 2 is 0.800 bits per heavy atom. The van der Waals surface area contributed by atoms with Crippen molar-refractivity contribution in [2.75, 3.05) is 0 Å². The number of unbranched alkanes of at least 4 members (excludes halogenated alkanes) is 1. The number of hydrogen-bond acceptors (Lipinski definition) is 0. The predicted molar refractivity (Wildman–Crippen MR) is 176 cm³/mol. The molecule has 0 heteroatoms. The summed E-state index contributed by atoms with van der Waals surface area (Å²) in [6, 6.07) is 0. The van der Waals surface area contributed by atoms with E-state index in [4.69, 9.17) is 0 Å². The van der Waals surface area contributed by atoms with E-state index in [2.05, 4.69) is 90.0 Å². The molecule has 1 fully saturated rings. The van der Waals surface area contributed by atoms with Crippen LogP contribution in [0, 0.1) is 28.6 Å². The lowest BCUT2D eigenvalue weighted by Gasteiger charge is -2.41. The summed E-state index contributed by atoms with van der Waals surface area (Å²) < 4.78 is 0. The molecule has 1 atom stereocenters. The SMILES string of the molecule is C1CCC1.CC.CC.CC.CC.CC(C)C(C)C.CCC(C)C.CCCCC(C)(CC)C(C)(C)C. The minimum absolute atomic E-state index is 0.455. The van der Waals surface area contributed by atoms with E-state index >= 15 is 0 Å². The van der Waals surface area contributed by atoms with Gasteiger partial charge in [-0.2, -0.15) is 0 Å². The average molecular weight is 505 g/mol. The van der Waals surface area contributed by atoms with Crippen LogP contribution in [0.5, 0.6) is 0 Å². The third-order valence-electron chi connectivity index (χ3n) is 6.82. The van der Waals surface area contributed by atoms with E-state index in [1.54, 1.807) is 0 Å². The molecule has 0 aliphatic heterocycles. The zero-order valence-corrected chi connectivity index (χ0v) is 30.1. The van der Waals surface area contributed by atoms with Gasteiger partial charge in [0.2, 0.25) is 0 Å². The molecule has 0 radical (unpaired) electrons. The van der Waals surface area contributed by atoms with E-state index in [1.807, 2.05) is 55.4 Å². The van der Waals surface area contributed by atoms with Gasteiger partial charge in [-0.15, -0.1) is 0 Å². The molecule has 1 saturated carbocycles. The van der Waals surface area contributed by atoms with E-state index in [0.717, 1.165) is 17.8 Å². The molecule has 1 rings (SSSR count). The topological polar surface area (TPSA) is 0 Å². The Kier molecular flexibility index (Phi) is 60.7. The number of hydrogen-bond donors (Lipinski definition) is 0. The van der Waals surface area contributed by atoms with Gasteiger partial charge in [0.15, 0.2) is 0 Å². The van der Waals surface area contributed by atoms with Gasteiger partial charge in [-0.05, 0) is 35.0 Å². The molecule has 0 amide bonds. The third kappa shape index (κ3) is 47.8. The Morgan fingerprint density at radius 3 is 0.886 bits per heavy atom. The van der Waals surface area contributed by atoms with Crippen molar-refractivity contribution in [3.05, 3.63) is 0 Å². The quantitative estimate of drug-likeness (QED) is 0.337. The third-order valence-corrected chi connectivity index (χ3v) is 6.82. The molecule has 35 heavy (non-hydrogen) atoms. The lowest BCUT2D eigenvalue weighted by molar-refractivity contribution is 0.0881. The second-order valence-electron chi connectivity index (χ2n) is 11.0. The maximum Gasteiger partial charge on any atom is -0.0280 e. The molecule has 0 nitrogen and oxygen atoms in total. The van der Waals surface area contributed by atoms with Crippen molar-refractivity contribution < 1.29 is 0 Å². The normalized spacial score (nSPS) is 12.7. The molecule has 224 valence electrons. The van der Waals surface area contributed by atoms with Crippen LogP contribution in [-0.4, -0.2) is 0 Å². The van der Waals surface area contributed by atoms with Crippen LogP contribution in [0.4, 0.5) is 0 Å². The van der Waals surface area contributed by atoms with Crippen LogP contribution >= 0.6 is 0 Å². The minimum atomic E-state index is 0.455. The molecule has 1 unspecified atom stereocenters. The zero-order chi connectivity index (χ0) is 30.1. The fourth-order valence-corrected chi connectivity index (χ4v) is 1.90. The van der Waals surface area contributed by atoms with Crippen LogP contribution in [0.1, 0.15) is 203 Å². The summed E-state index contributed by atoms with van der Waals surface area (Å²) in [5, 5.41) is 0. The molecule has 0 aromatic rings. The van der Waals surface area contributed by atoms with Crippen LogP contribution < -0.4 is 0 Å². The summed E-state index contributed by atoms with van der Waals surface area (Å²) in [5.74, 6) is 2.59. The zero-order valence-electron chi connectivity index (χ0n) is 30.1. The molecule has 0 aromatic heterocycles. The van der Waals surface area contributed by atoms with Gasteiger partial charge in [0.05, 0.1) is 0 Å². The average Bonchev–Trinajstić information content (AvgIpc) is 2.81. The van der Waals surface area contributed by atoms with E-state index < -0.39 is 0 Å². The molecule has 0 bridgehead atoms. The van der Waals surface area contributed by atoms with Crippen molar-refractivity contribution in [1.29, 1.82) is 0 Å². The molecule has 1 aliphatic carbocycles. The van der Waals surface area contributed by atoms with E-state index in [1.165, 1.54) is 57.8 Å². The minimum Gasteiger partial charge on any atom is -0.0683 e. The van der Waals surface area contributed by atoms with E-state index in [-0.39, 0.29) is 0 Å². The fraction of sp³-hybridized carbons (Fsp3) is 1.00. The Hall–Kier alpha value is 0. The van der Waals surface area contributed by atoms with Crippen LogP contribution in [0.15, 0.2) is 0 Å². The van der Waals surface area contributed by atoms with Crippen molar-refractivity contribution in [2.24, 2.45) is 28.6 Å². The second kappa shape index (κ2) is 41.1. The maximum absolute atomic E-state index is 2.43. The van der Waals surface area contributed by atoms with Gasteiger partial charge < -0.3 is 0 Å². The lowest BCUT2D eigenvalue weighted by atomic mass is 9.64. The summed E-state index contributed by atoms with van der Waals surface area (Å²) in [6.07, 6.45) is 12.7. The molecule has 0 N–H and O–H groups in total. The van der Waals surface area contributed by atoms with Gasteiger partial charge >= 0.3 is 0 Å². The van der Waals surface area contributed by atoms with Crippen molar-refractivity contribution in [2.45, 2.75) is 203 Å². The highest BCUT2D eigenvalue weighted by Gasteiger charge is 2.34. The molecule has 0 saturated heterocycles. The first-order valence-corrected chi connectivity index (χ1v) is 16.3. The summed E-state index contributed by atoms with van der Waals surface area (Å²) in [6.45, 7) is 45.7. The van der Waals surface area contributed by atoms with Crippen molar-refractivity contribution in [3.63, 3.8) is 0 Å². The summed E-state index contributed by atoms with van der Waals surface area (Å²) in [4.78, 5) is 0. The van der Waals surface area contributed by atoms with Gasteiger partial charge in [-0.1, -0.05) is 197 Å². The molecular formula is C35H84. The van der Waals surface area contributed by atoms with Crippen LogP contribution in [0.3, 0.4) is 0 Å². The van der Waals surface area contributed by atoms with Crippen LogP contribution in [0.25, 0.3) is 0 Å².